The smallest absolute Gasteiger partial charge is 0.193 e. The number of methoxy groups -OCH3 is 1. The van der Waals surface area contributed by atoms with E-state index in [1.165, 1.54) is 0 Å². The van der Waals surface area contributed by atoms with Gasteiger partial charge in [-0.2, -0.15) is 0 Å². The van der Waals surface area contributed by atoms with Gasteiger partial charge < -0.3 is 24.7 Å². The molecule has 2 heterocycles. The highest BCUT2D eigenvalue weighted by molar-refractivity contribution is 14.0. The molecule has 156 valence electrons. The van der Waals surface area contributed by atoms with Crippen LogP contribution in [0.1, 0.15) is 18.7 Å². The van der Waals surface area contributed by atoms with Crippen LogP contribution in [0.15, 0.2) is 29.3 Å². The minimum atomic E-state index is 0. The third-order valence-corrected chi connectivity index (χ3v) is 4.89. The Morgan fingerprint density at radius 1 is 1.36 bits per heavy atom. The number of hydrogen-bond donors (Lipinski definition) is 2. The summed E-state index contributed by atoms with van der Waals surface area (Å²) in [5.74, 6) is 2.59. The van der Waals surface area contributed by atoms with Gasteiger partial charge in [0.05, 0.1) is 30.9 Å². The highest BCUT2D eigenvalue weighted by Crippen LogP contribution is 2.16. The van der Waals surface area contributed by atoms with Crippen molar-refractivity contribution in [3.63, 3.8) is 0 Å². The quantitative estimate of drug-likeness (QED) is 0.239. The number of fused-ring (bicyclic) bond motifs is 1. The molecular weight excluding hydrogens is 469 g/mol. The number of guanidine groups is 1. The maximum atomic E-state index is 5.67. The van der Waals surface area contributed by atoms with Crippen molar-refractivity contribution in [2.24, 2.45) is 10.9 Å². The molecular formula is C20H32IN5O2. The normalized spacial score (nSPS) is 17.1. The van der Waals surface area contributed by atoms with Crippen LogP contribution in [0.2, 0.25) is 0 Å². The van der Waals surface area contributed by atoms with Crippen molar-refractivity contribution in [3.8, 4) is 0 Å². The maximum Gasteiger partial charge on any atom is 0.193 e. The Labute approximate surface area is 184 Å². The van der Waals surface area contributed by atoms with Gasteiger partial charge in [-0.25, -0.2) is 4.98 Å². The molecule has 1 unspecified atom stereocenters. The van der Waals surface area contributed by atoms with Gasteiger partial charge in [0.15, 0.2) is 5.96 Å². The lowest BCUT2D eigenvalue weighted by Crippen LogP contribution is -2.40. The summed E-state index contributed by atoms with van der Waals surface area (Å²) in [6.07, 6.45) is 3.08. The van der Waals surface area contributed by atoms with Crippen LogP contribution in [0.5, 0.6) is 0 Å². The number of benzene rings is 1. The lowest BCUT2D eigenvalue weighted by molar-refractivity contribution is 0.0536. The number of rotatable bonds is 9. The van der Waals surface area contributed by atoms with Crippen LogP contribution in [-0.4, -0.2) is 74.4 Å². The number of nitrogens with zero attached hydrogens (tertiary/aromatic N) is 3. The Morgan fingerprint density at radius 3 is 3.00 bits per heavy atom. The van der Waals surface area contributed by atoms with E-state index in [0.29, 0.717) is 19.1 Å². The zero-order chi connectivity index (χ0) is 18.9. The average Bonchev–Trinajstić information content (AvgIpc) is 3.32. The highest BCUT2D eigenvalue weighted by atomic mass is 127. The third kappa shape index (κ3) is 6.59. The molecule has 1 aromatic heterocycles. The molecule has 0 spiro atoms. The SMILES string of the molecule is CN=C(NCCCc1nc2ccccc2[nH]1)N1CCC(COCCOC)C1.I. The number of nitrogens with one attached hydrogen (secondary N) is 2. The molecule has 7 nitrogen and oxygen atoms in total. The fourth-order valence-electron chi connectivity index (χ4n) is 3.47. The van der Waals surface area contributed by atoms with Gasteiger partial charge in [0.25, 0.3) is 0 Å². The molecule has 2 N–H and O–H groups in total. The van der Waals surface area contributed by atoms with Gasteiger partial charge >= 0.3 is 0 Å². The van der Waals surface area contributed by atoms with E-state index in [2.05, 4.69) is 31.2 Å². The van der Waals surface area contributed by atoms with Crippen molar-refractivity contribution in [3.05, 3.63) is 30.1 Å². The Hall–Kier alpha value is -1.39. The molecule has 8 heteroatoms. The molecule has 3 rings (SSSR count). The summed E-state index contributed by atoms with van der Waals surface area (Å²) in [5, 5.41) is 3.49. The third-order valence-electron chi connectivity index (χ3n) is 4.89. The number of likely N-dealkylation sites (tertiary alicyclic amines) is 1. The fourth-order valence-corrected chi connectivity index (χ4v) is 3.47. The van der Waals surface area contributed by atoms with Crippen molar-refractivity contribution < 1.29 is 9.47 Å². The monoisotopic (exact) mass is 501 g/mol. The van der Waals surface area contributed by atoms with Gasteiger partial charge in [0.1, 0.15) is 5.82 Å². The molecule has 1 atom stereocenters. The molecule has 28 heavy (non-hydrogen) atoms. The first-order valence-corrected chi connectivity index (χ1v) is 9.76. The second-order valence-corrected chi connectivity index (χ2v) is 6.95. The lowest BCUT2D eigenvalue weighted by atomic mass is 10.1. The standard InChI is InChI=1S/C20H31N5O2.HI/c1-21-20(25-11-9-16(14-25)15-27-13-12-26-2)22-10-5-8-19-23-17-6-3-4-7-18(17)24-19;/h3-4,6-7,16H,5,8-15H2,1-2H3,(H,21,22)(H,23,24);1H. The lowest BCUT2D eigenvalue weighted by Gasteiger charge is -2.21. The molecule has 0 saturated carbocycles. The van der Waals surface area contributed by atoms with Crippen LogP contribution < -0.4 is 5.32 Å². The number of aromatic nitrogens is 2. The molecule has 1 aliphatic heterocycles. The van der Waals surface area contributed by atoms with Crippen LogP contribution in [-0.2, 0) is 15.9 Å². The van der Waals surface area contributed by atoms with Crippen LogP contribution in [0, 0.1) is 5.92 Å². The van der Waals surface area contributed by atoms with Gasteiger partial charge in [-0.1, -0.05) is 12.1 Å². The number of ether oxygens (including phenoxy) is 2. The number of halogens is 1. The zero-order valence-corrected chi connectivity index (χ0v) is 19.1. The van der Waals surface area contributed by atoms with Gasteiger partial charge in [-0.15, -0.1) is 24.0 Å². The first-order valence-electron chi connectivity index (χ1n) is 9.76. The summed E-state index contributed by atoms with van der Waals surface area (Å²) in [7, 11) is 3.55. The number of para-hydroxylation sites is 2. The number of aliphatic imine (C=N–C) groups is 1. The molecule has 1 aliphatic rings. The van der Waals surface area contributed by atoms with Crippen molar-refractivity contribution in [1.29, 1.82) is 0 Å². The number of hydrogen-bond acceptors (Lipinski definition) is 4. The number of aryl methyl sites for hydroxylation is 1. The van der Waals surface area contributed by atoms with E-state index in [-0.39, 0.29) is 24.0 Å². The van der Waals surface area contributed by atoms with E-state index in [9.17, 15) is 0 Å². The van der Waals surface area contributed by atoms with Crippen LogP contribution >= 0.6 is 24.0 Å². The predicted octanol–water partition coefficient (Wildman–Crippen LogP) is 2.67. The molecule has 1 aromatic carbocycles. The van der Waals surface area contributed by atoms with Crippen molar-refractivity contribution in [2.45, 2.75) is 19.3 Å². The summed E-state index contributed by atoms with van der Waals surface area (Å²) in [6, 6.07) is 8.15. The summed E-state index contributed by atoms with van der Waals surface area (Å²) < 4.78 is 10.7. The van der Waals surface area contributed by atoms with Crippen molar-refractivity contribution in [1.82, 2.24) is 20.2 Å². The molecule has 1 saturated heterocycles. The average molecular weight is 501 g/mol. The molecule has 0 amide bonds. The first kappa shape index (κ1) is 22.9. The Balaban J connectivity index is 0.00000280. The van der Waals surface area contributed by atoms with E-state index >= 15 is 0 Å². The van der Waals surface area contributed by atoms with Gasteiger partial charge in [0.2, 0.25) is 0 Å². The summed E-state index contributed by atoms with van der Waals surface area (Å²) in [4.78, 5) is 14.8. The van der Waals surface area contributed by atoms with Gasteiger partial charge in [-0.3, -0.25) is 4.99 Å². The van der Waals surface area contributed by atoms with Crippen molar-refractivity contribution >= 4 is 41.0 Å². The Morgan fingerprint density at radius 2 is 2.21 bits per heavy atom. The molecule has 0 radical (unpaired) electrons. The zero-order valence-electron chi connectivity index (χ0n) is 16.8. The van der Waals surface area contributed by atoms with Gasteiger partial charge in [0, 0.05) is 46.1 Å². The second-order valence-electron chi connectivity index (χ2n) is 6.95. The van der Waals surface area contributed by atoms with Gasteiger partial charge in [-0.05, 0) is 25.0 Å². The first-order chi connectivity index (χ1) is 13.3. The van der Waals surface area contributed by atoms with E-state index in [1.807, 2.05) is 25.2 Å². The minimum Gasteiger partial charge on any atom is -0.382 e. The summed E-state index contributed by atoms with van der Waals surface area (Å²) in [5.41, 5.74) is 2.14. The topological polar surface area (TPSA) is 74.8 Å². The Bertz CT molecular complexity index is 703. The van der Waals surface area contributed by atoms with E-state index in [1.54, 1.807) is 7.11 Å². The Kier molecular flexibility index (Phi) is 10.0. The summed E-state index contributed by atoms with van der Waals surface area (Å²) >= 11 is 0. The molecule has 1 fully saturated rings. The summed E-state index contributed by atoms with van der Waals surface area (Å²) in [6.45, 7) is 5.03. The van der Waals surface area contributed by atoms with Crippen molar-refractivity contribution in [2.75, 3.05) is 53.6 Å². The number of imidazole rings is 1. The van der Waals surface area contributed by atoms with Crippen LogP contribution in [0.25, 0.3) is 11.0 Å². The molecule has 0 aliphatic carbocycles. The predicted molar refractivity (Wildman–Crippen MR) is 124 cm³/mol. The molecule has 2 aromatic rings. The fraction of sp³-hybridized carbons (Fsp3) is 0.600. The van der Waals surface area contributed by atoms with E-state index in [4.69, 9.17) is 9.47 Å². The highest BCUT2D eigenvalue weighted by Gasteiger charge is 2.24. The van der Waals surface area contributed by atoms with Crippen LogP contribution in [0.3, 0.4) is 0 Å². The second kappa shape index (κ2) is 12.2. The number of aromatic amines is 1. The van der Waals surface area contributed by atoms with Crippen LogP contribution in [0.4, 0.5) is 0 Å². The minimum absolute atomic E-state index is 0. The number of H-pyrrole nitrogens is 1. The molecule has 0 bridgehead atoms. The largest absolute Gasteiger partial charge is 0.382 e. The maximum absolute atomic E-state index is 5.67. The van der Waals surface area contributed by atoms with E-state index < -0.39 is 0 Å². The van der Waals surface area contributed by atoms with E-state index in [0.717, 1.165) is 68.3 Å².